The topological polar surface area (TPSA) is 97.2 Å². The molecule has 12 heteroatoms. The number of anilines is 3. The number of hydrazone groups is 1. The molecule has 0 bridgehead atoms. The van der Waals surface area contributed by atoms with Gasteiger partial charge in [-0.2, -0.15) is 20.1 Å². The predicted molar refractivity (Wildman–Crippen MR) is 139 cm³/mol. The lowest BCUT2D eigenvalue weighted by atomic mass is 10.2. The molecule has 0 atom stereocenters. The van der Waals surface area contributed by atoms with E-state index in [1.165, 1.54) is 6.07 Å². The molecule has 0 unspecified atom stereocenters. The van der Waals surface area contributed by atoms with Gasteiger partial charge in [-0.1, -0.05) is 17.7 Å². The quantitative estimate of drug-likeness (QED) is 0.349. The third kappa shape index (κ3) is 6.62. The fourth-order valence-electron chi connectivity index (χ4n) is 3.85. The van der Waals surface area contributed by atoms with Gasteiger partial charge in [-0.25, -0.2) is 9.82 Å². The molecule has 2 aliphatic heterocycles. The molecule has 0 amide bonds. The highest BCUT2D eigenvalue weighted by Gasteiger charge is 2.20. The van der Waals surface area contributed by atoms with Gasteiger partial charge in [0.25, 0.3) is 0 Å². The summed E-state index contributed by atoms with van der Waals surface area (Å²) >= 11 is 6.06. The number of aromatic nitrogens is 3. The summed E-state index contributed by atoms with van der Waals surface area (Å²) < 4.78 is 30.5. The van der Waals surface area contributed by atoms with Crippen LogP contribution in [-0.2, 0) is 16.1 Å². The van der Waals surface area contributed by atoms with Crippen molar-refractivity contribution in [3.63, 3.8) is 0 Å². The Morgan fingerprint density at radius 3 is 2.14 bits per heavy atom. The first kappa shape index (κ1) is 25.1. The van der Waals surface area contributed by atoms with Crippen molar-refractivity contribution in [3.8, 4) is 5.75 Å². The predicted octanol–water partition coefficient (Wildman–Crippen LogP) is 3.36. The van der Waals surface area contributed by atoms with E-state index in [1.807, 2.05) is 12.1 Å². The van der Waals surface area contributed by atoms with E-state index in [0.29, 0.717) is 86.8 Å². The Morgan fingerprint density at radius 1 is 0.919 bits per heavy atom. The first-order valence-electron chi connectivity index (χ1n) is 12.0. The highest BCUT2D eigenvalue weighted by atomic mass is 35.5. The minimum Gasteiger partial charge on any atom is -0.489 e. The number of morpholine rings is 2. The number of halogens is 2. The first-order valence-corrected chi connectivity index (χ1v) is 12.4. The zero-order valence-electron chi connectivity index (χ0n) is 20.1. The van der Waals surface area contributed by atoms with Crippen LogP contribution in [0.5, 0.6) is 5.75 Å². The van der Waals surface area contributed by atoms with E-state index in [1.54, 1.807) is 30.5 Å². The first-order chi connectivity index (χ1) is 18.2. The Labute approximate surface area is 219 Å². The van der Waals surface area contributed by atoms with Gasteiger partial charge in [0.1, 0.15) is 18.2 Å². The average Bonchev–Trinajstić information content (AvgIpc) is 2.94. The molecule has 1 aromatic heterocycles. The molecule has 2 aliphatic rings. The van der Waals surface area contributed by atoms with Crippen molar-refractivity contribution in [1.82, 2.24) is 15.0 Å². The molecule has 1 N–H and O–H groups in total. The fourth-order valence-corrected chi connectivity index (χ4v) is 4.07. The number of nitrogens with zero attached hydrogens (tertiary/aromatic N) is 6. The fraction of sp³-hybridized carbons (Fsp3) is 0.360. The summed E-state index contributed by atoms with van der Waals surface area (Å²) in [4.78, 5) is 18.0. The van der Waals surface area contributed by atoms with Crippen LogP contribution in [0.1, 0.15) is 11.1 Å². The second kappa shape index (κ2) is 12.1. The van der Waals surface area contributed by atoms with Crippen LogP contribution in [0.4, 0.5) is 22.2 Å². The molecule has 2 saturated heterocycles. The third-order valence-corrected chi connectivity index (χ3v) is 6.26. The standard InChI is InChI=1S/C25H27ClFN7O3/c26-21-2-1-3-22(27)20(21)17-37-19-6-4-18(5-7-19)16-28-32-23-29-24(33-8-12-35-13-9-33)31-25(30-23)34-10-14-36-15-11-34/h1-7,16H,8-15,17H2,(H,29,30,31,32)/b28-16+. The normalized spacial score (nSPS) is 16.3. The van der Waals surface area contributed by atoms with Crippen molar-refractivity contribution in [2.45, 2.75) is 6.61 Å². The number of ether oxygens (including phenoxy) is 3. The van der Waals surface area contributed by atoms with Gasteiger partial charge in [0.15, 0.2) is 0 Å². The molecule has 5 rings (SSSR count). The molecule has 0 aliphatic carbocycles. The summed E-state index contributed by atoms with van der Waals surface area (Å²) in [7, 11) is 0. The number of hydrogen-bond acceptors (Lipinski definition) is 10. The Balaban J connectivity index is 1.24. The molecule has 3 aromatic rings. The lowest BCUT2D eigenvalue weighted by Gasteiger charge is -2.30. The molecule has 0 radical (unpaired) electrons. The van der Waals surface area contributed by atoms with Crippen molar-refractivity contribution in [2.75, 3.05) is 67.8 Å². The molecule has 0 saturated carbocycles. The molecule has 2 fully saturated rings. The van der Waals surface area contributed by atoms with Crippen LogP contribution in [0.25, 0.3) is 0 Å². The van der Waals surface area contributed by atoms with Crippen LogP contribution in [0.15, 0.2) is 47.6 Å². The molecular formula is C25H27ClFN7O3. The third-order valence-electron chi connectivity index (χ3n) is 5.90. The summed E-state index contributed by atoms with van der Waals surface area (Å²) in [6.45, 7) is 5.42. The monoisotopic (exact) mass is 527 g/mol. The molecule has 194 valence electrons. The second-order valence-electron chi connectivity index (χ2n) is 8.39. The lowest BCUT2D eigenvalue weighted by molar-refractivity contribution is 0.121. The van der Waals surface area contributed by atoms with E-state index < -0.39 is 5.82 Å². The van der Waals surface area contributed by atoms with Gasteiger partial charge >= 0.3 is 0 Å². The number of benzene rings is 2. The maximum Gasteiger partial charge on any atom is 0.250 e. The molecule has 3 heterocycles. The summed E-state index contributed by atoms with van der Waals surface area (Å²) in [5.41, 5.74) is 4.09. The summed E-state index contributed by atoms with van der Waals surface area (Å²) in [6.07, 6.45) is 1.66. The van der Waals surface area contributed by atoms with E-state index in [0.717, 1.165) is 5.56 Å². The minimum atomic E-state index is -0.394. The molecule has 37 heavy (non-hydrogen) atoms. The van der Waals surface area contributed by atoms with Crippen molar-refractivity contribution < 1.29 is 18.6 Å². The zero-order valence-corrected chi connectivity index (χ0v) is 20.9. The average molecular weight is 528 g/mol. The van der Waals surface area contributed by atoms with Gasteiger partial charge in [0.05, 0.1) is 37.7 Å². The minimum absolute atomic E-state index is 0.0385. The number of nitrogens with one attached hydrogen (secondary N) is 1. The maximum absolute atomic E-state index is 13.9. The van der Waals surface area contributed by atoms with Crippen LogP contribution < -0.4 is 20.0 Å². The van der Waals surface area contributed by atoms with E-state index in [4.69, 9.17) is 25.8 Å². The Bertz CT molecular complexity index is 1160. The Morgan fingerprint density at radius 2 is 1.54 bits per heavy atom. The van der Waals surface area contributed by atoms with Gasteiger partial charge < -0.3 is 24.0 Å². The van der Waals surface area contributed by atoms with E-state index in [9.17, 15) is 4.39 Å². The van der Waals surface area contributed by atoms with Crippen LogP contribution in [-0.4, -0.2) is 73.8 Å². The van der Waals surface area contributed by atoms with Gasteiger partial charge in [0, 0.05) is 31.7 Å². The highest BCUT2D eigenvalue weighted by Crippen LogP contribution is 2.22. The van der Waals surface area contributed by atoms with Crippen LogP contribution in [0.2, 0.25) is 5.02 Å². The van der Waals surface area contributed by atoms with Crippen molar-refractivity contribution >= 4 is 35.7 Å². The lowest BCUT2D eigenvalue weighted by Crippen LogP contribution is -2.40. The van der Waals surface area contributed by atoms with Gasteiger partial charge in [0.2, 0.25) is 17.8 Å². The summed E-state index contributed by atoms with van der Waals surface area (Å²) in [5, 5.41) is 4.64. The zero-order chi connectivity index (χ0) is 25.5. The van der Waals surface area contributed by atoms with Gasteiger partial charge in [-0.3, -0.25) is 0 Å². The van der Waals surface area contributed by atoms with Crippen molar-refractivity contribution in [2.24, 2.45) is 5.10 Å². The summed E-state index contributed by atoms with van der Waals surface area (Å²) in [6, 6.07) is 11.8. The molecule has 10 nitrogen and oxygen atoms in total. The number of rotatable bonds is 8. The Hall–Kier alpha value is -3.54. The SMILES string of the molecule is Fc1cccc(Cl)c1COc1ccc(/C=N/Nc2nc(N3CCOCC3)nc(N3CCOCC3)n2)cc1. The van der Waals surface area contributed by atoms with E-state index in [2.05, 4.69) is 35.3 Å². The number of hydrogen-bond donors (Lipinski definition) is 1. The largest absolute Gasteiger partial charge is 0.489 e. The Kier molecular flexibility index (Phi) is 8.24. The maximum atomic E-state index is 13.9. The van der Waals surface area contributed by atoms with Crippen LogP contribution >= 0.6 is 11.6 Å². The molecular weight excluding hydrogens is 501 g/mol. The summed E-state index contributed by atoms with van der Waals surface area (Å²) in [5.74, 6) is 1.74. The van der Waals surface area contributed by atoms with Crippen LogP contribution in [0.3, 0.4) is 0 Å². The van der Waals surface area contributed by atoms with E-state index in [-0.39, 0.29) is 6.61 Å². The van der Waals surface area contributed by atoms with Gasteiger partial charge in [-0.15, -0.1) is 0 Å². The van der Waals surface area contributed by atoms with E-state index >= 15 is 0 Å². The smallest absolute Gasteiger partial charge is 0.250 e. The van der Waals surface area contributed by atoms with Crippen molar-refractivity contribution in [1.29, 1.82) is 0 Å². The van der Waals surface area contributed by atoms with Gasteiger partial charge in [-0.05, 0) is 42.0 Å². The van der Waals surface area contributed by atoms with Crippen LogP contribution in [0, 0.1) is 5.82 Å². The van der Waals surface area contributed by atoms with Crippen molar-refractivity contribution in [3.05, 3.63) is 64.4 Å². The second-order valence-corrected chi connectivity index (χ2v) is 8.79. The highest BCUT2D eigenvalue weighted by molar-refractivity contribution is 6.31. The molecule has 2 aromatic carbocycles. The molecule has 0 spiro atoms.